The van der Waals surface area contributed by atoms with Crippen molar-refractivity contribution >= 4 is 30.0 Å². The third-order valence-electron chi connectivity index (χ3n) is 4.34. The minimum Gasteiger partial charge on any atom is -0.360 e. The Morgan fingerprint density at radius 3 is 2.88 bits per heavy atom. The van der Waals surface area contributed by atoms with Gasteiger partial charge in [-0.1, -0.05) is 12.1 Å². The van der Waals surface area contributed by atoms with Gasteiger partial charge in [-0.3, -0.25) is 9.59 Å². The van der Waals surface area contributed by atoms with Crippen LogP contribution < -0.4 is 10.6 Å². The molecule has 0 spiro atoms. The number of likely N-dealkylation sites (N-methyl/N-ethyl adjacent to an activating group) is 1. The second kappa shape index (κ2) is 9.64. The predicted molar refractivity (Wildman–Crippen MR) is 94.1 cm³/mol. The molecule has 8 heteroatoms. The summed E-state index contributed by atoms with van der Waals surface area (Å²) < 4.78 is 4.89. The highest BCUT2D eigenvalue weighted by atomic mass is 35.5. The molecular formula is C16H27ClN4O3. The van der Waals surface area contributed by atoms with Gasteiger partial charge in [-0.15, -0.1) is 12.4 Å². The molecule has 136 valence electrons. The molecule has 0 radical (unpaired) electrons. The van der Waals surface area contributed by atoms with E-state index in [1.54, 1.807) is 20.0 Å². The van der Waals surface area contributed by atoms with E-state index >= 15 is 0 Å². The average Bonchev–Trinajstić information content (AvgIpc) is 2.92. The summed E-state index contributed by atoms with van der Waals surface area (Å²) in [5.74, 6) is 1.57. The molecule has 1 aliphatic heterocycles. The summed E-state index contributed by atoms with van der Waals surface area (Å²) in [6, 6.07) is 1.64. The first-order chi connectivity index (χ1) is 11.0. The second-order valence-electron chi connectivity index (χ2n) is 6.41. The van der Waals surface area contributed by atoms with E-state index in [0.717, 1.165) is 19.5 Å². The number of aromatic nitrogens is 1. The van der Waals surface area contributed by atoms with Crippen molar-refractivity contribution in [2.24, 2.45) is 11.8 Å². The fourth-order valence-electron chi connectivity index (χ4n) is 2.87. The molecular weight excluding hydrogens is 332 g/mol. The quantitative estimate of drug-likeness (QED) is 0.810. The first-order valence-electron chi connectivity index (χ1n) is 8.13. The molecule has 2 rings (SSSR count). The Morgan fingerprint density at radius 2 is 2.29 bits per heavy atom. The fourth-order valence-corrected chi connectivity index (χ4v) is 2.87. The van der Waals surface area contributed by atoms with E-state index in [2.05, 4.69) is 22.7 Å². The SMILES string of the molecule is Cc1cc(NC(=O)CN(C)C(=O)CC(C)C2CCCNC2)no1.Cl. The van der Waals surface area contributed by atoms with Gasteiger partial charge < -0.3 is 20.1 Å². The average molecular weight is 359 g/mol. The number of amides is 2. The number of halogens is 1. The Hall–Kier alpha value is -1.60. The number of anilines is 1. The molecule has 2 N–H and O–H groups in total. The van der Waals surface area contributed by atoms with Crippen molar-refractivity contribution in [3.63, 3.8) is 0 Å². The van der Waals surface area contributed by atoms with Crippen LogP contribution in [0.25, 0.3) is 0 Å². The molecule has 24 heavy (non-hydrogen) atoms. The third-order valence-corrected chi connectivity index (χ3v) is 4.34. The van der Waals surface area contributed by atoms with E-state index < -0.39 is 0 Å². The summed E-state index contributed by atoms with van der Waals surface area (Å²) in [4.78, 5) is 25.7. The van der Waals surface area contributed by atoms with Crippen LogP contribution in [0.2, 0.25) is 0 Å². The van der Waals surface area contributed by atoms with Gasteiger partial charge in [0.2, 0.25) is 11.8 Å². The normalized spacial score (nSPS) is 18.4. The number of nitrogens with zero attached hydrogens (tertiary/aromatic N) is 2. The zero-order valence-electron chi connectivity index (χ0n) is 14.5. The summed E-state index contributed by atoms with van der Waals surface area (Å²) in [5, 5.41) is 9.69. The number of piperidine rings is 1. The monoisotopic (exact) mass is 358 g/mol. The van der Waals surface area contributed by atoms with Crippen molar-refractivity contribution in [3.8, 4) is 0 Å². The predicted octanol–water partition coefficient (Wildman–Crippen LogP) is 1.83. The van der Waals surface area contributed by atoms with Crippen LogP contribution in [-0.2, 0) is 9.59 Å². The van der Waals surface area contributed by atoms with Gasteiger partial charge in [0.15, 0.2) is 5.82 Å². The van der Waals surface area contributed by atoms with Crippen molar-refractivity contribution in [1.82, 2.24) is 15.4 Å². The molecule has 1 fully saturated rings. The number of hydrogen-bond donors (Lipinski definition) is 2. The van der Waals surface area contributed by atoms with Gasteiger partial charge in [0.1, 0.15) is 5.76 Å². The molecule has 0 aliphatic carbocycles. The lowest BCUT2D eigenvalue weighted by atomic mass is 9.85. The summed E-state index contributed by atoms with van der Waals surface area (Å²) in [6.07, 6.45) is 2.80. The molecule has 2 amide bonds. The molecule has 2 unspecified atom stereocenters. The summed E-state index contributed by atoms with van der Waals surface area (Å²) >= 11 is 0. The number of carbonyl (C=O) groups is 2. The van der Waals surface area contributed by atoms with Crippen LogP contribution in [-0.4, -0.2) is 48.6 Å². The highest BCUT2D eigenvalue weighted by Crippen LogP contribution is 2.23. The Balaban J connectivity index is 0.00000288. The standard InChI is InChI=1S/C16H26N4O3.ClH/c1-11(13-5-4-6-17-9-13)7-16(22)20(3)10-15(21)18-14-8-12(2)23-19-14;/h8,11,13,17H,4-7,9-10H2,1-3H3,(H,18,19,21);1H. The lowest BCUT2D eigenvalue weighted by Crippen LogP contribution is -2.38. The minimum atomic E-state index is -0.277. The molecule has 1 aromatic rings. The van der Waals surface area contributed by atoms with Crippen molar-refractivity contribution in [2.75, 3.05) is 32.0 Å². The van der Waals surface area contributed by atoms with E-state index in [4.69, 9.17) is 4.52 Å². The Labute approximate surface area is 148 Å². The first-order valence-corrected chi connectivity index (χ1v) is 8.13. The number of rotatable bonds is 6. The number of nitrogens with one attached hydrogen (secondary N) is 2. The smallest absolute Gasteiger partial charge is 0.245 e. The zero-order valence-corrected chi connectivity index (χ0v) is 15.3. The molecule has 0 saturated carbocycles. The van der Waals surface area contributed by atoms with Crippen molar-refractivity contribution < 1.29 is 14.1 Å². The van der Waals surface area contributed by atoms with E-state index in [9.17, 15) is 9.59 Å². The third kappa shape index (κ3) is 6.13. The van der Waals surface area contributed by atoms with Crippen LogP contribution in [0.15, 0.2) is 10.6 Å². The number of carbonyl (C=O) groups excluding carboxylic acids is 2. The lowest BCUT2D eigenvalue weighted by Gasteiger charge is -2.29. The molecule has 2 heterocycles. The molecule has 7 nitrogen and oxygen atoms in total. The zero-order chi connectivity index (χ0) is 16.8. The van der Waals surface area contributed by atoms with Crippen molar-refractivity contribution in [1.29, 1.82) is 0 Å². The summed E-state index contributed by atoms with van der Waals surface area (Å²) in [7, 11) is 1.65. The Morgan fingerprint density at radius 1 is 1.54 bits per heavy atom. The van der Waals surface area contributed by atoms with Gasteiger partial charge in [0.05, 0.1) is 6.54 Å². The maximum absolute atomic E-state index is 12.3. The molecule has 2 atom stereocenters. The van der Waals surface area contributed by atoms with E-state index in [-0.39, 0.29) is 30.8 Å². The summed E-state index contributed by atoms with van der Waals surface area (Å²) in [5.41, 5.74) is 0. The van der Waals surface area contributed by atoms with Crippen LogP contribution in [0.1, 0.15) is 31.9 Å². The maximum Gasteiger partial charge on any atom is 0.245 e. The topological polar surface area (TPSA) is 87.5 Å². The highest BCUT2D eigenvalue weighted by molar-refractivity contribution is 5.93. The molecule has 1 saturated heterocycles. The maximum atomic E-state index is 12.3. The second-order valence-corrected chi connectivity index (χ2v) is 6.41. The molecule has 0 aromatic carbocycles. The summed E-state index contributed by atoms with van der Waals surface area (Å²) in [6.45, 7) is 5.92. The van der Waals surface area contributed by atoms with E-state index in [1.807, 2.05) is 0 Å². The fraction of sp³-hybridized carbons (Fsp3) is 0.688. The highest BCUT2D eigenvalue weighted by Gasteiger charge is 2.24. The van der Waals surface area contributed by atoms with Gasteiger partial charge in [-0.25, -0.2) is 0 Å². The minimum absolute atomic E-state index is 0. The molecule has 1 aliphatic rings. The number of hydrogen-bond acceptors (Lipinski definition) is 5. The van der Waals surface area contributed by atoms with Gasteiger partial charge in [-0.2, -0.15) is 0 Å². The molecule has 0 bridgehead atoms. The van der Waals surface area contributed by atoms with Crippen LogP contribution in [0.4, 0.5) is 5.82 Å². The van der Waals surface area contributed by atoms with Crippen LogP contribution in [0, 0.1) is 18.8 Å². The van der Waals surface area contributed by atoms with Crippen LogP contribution in [0.5, 0.6) is 0 Å². The Kier molecular flexibility index (Phi) is 8.21. The van der Waals surface area contributed by atoms with Gasteiger partial charge >= 0.3 is 0 Å². The van der Waals surface area contributed by atoms with Crippen LogP contribution in [0.3, 0.4) is 0 Å². The van der Waals surface area contributed by atoms with Crippen molar-refractivity contribution in [3.05, 3.63) is 11.8 Å². The van der Waals surface area contributed by atoms with Crippen LogP contribution >= 0.6 is 12.4 Å². The van der Waals surface area contributed by atoms with Gasteiger partial charge in [0.25, 0.3) is 0 Å². The van der Waals surface area contributed by atoms with E-state index in [1.165, 1.54) is 11.3 Å². The Bertz CT molecular complexity index is 543. The number of aryl methyl sites for hydroxylation is 1. The van der Waals surface area contributed by atoms with Gasteiger partial charge in [0, 0.05) is 19.5 Å². The first kappa shape index (κ1) is 20.4. The van der Waals surface area contributed by atoms with Crippen molar-refractivity contribution in [2.45, 2.75) is 33.1 Å². The lowest BCUT2D eigenvalue weighted by molar-refractivity contribution is -0.134. The van der Waals surface area contributed by atoms with E-state index in [0.29, 0.717) is 29.8 Å². The molecule has 1 aromatic heterocycles. The largest absolute Gasteiger partial charge is 0.360 e. The van der Waals surface area contributed by atoms with Gasteiger partial charge in [-0.05, 0) is 44.7 Å².